The quantitative estimate of drug-likeness (QED) is 0.885. The molecule has 0 amide bonds. The predicted molar refractivity (Wildman–Crippen MR) is 85.3 cm³/mol. The summed E-state index contributed by atoms with van der Waals surface area (Å²) < 4.78 is 1.68. The Bertz CT molecular complexity index is 769. The van der Waals surface area contributed by atoms with Gasteiger partial charge in [-0.15, -0.1) is 0 Å². The minimum atomic E-state index is -0.889. The van der Waals surface area contributed by atoms with Crippen molar-refractivity contribution in [3.05, 3.63) is 65.5 Å². The Morgan fingerprint density at radius 3 is 2.55 bits per heavy atom. The Morgan fingerprint density at radius 1 is 1.23 bits per heavy atom. The molecule has 1 atom stereocenters. The van der Waals surface area contributed by atoms with Gasteiger partial charge in [-0.3, -0.25) is 0 Å². The van der Waals surface area contributed by atoms with E-state index in [1.54, 1.807) is 17.7 Å². The fourth-order valence-corrected chi connectivity index (χ4v) is 2.70. The van der Waals surface area contributed by atoms with Crippen molar-refractivity contribution in [2.75, 3.05) is 0 Å². The third-order valence-electron chi connectivity index (χ3n) is 4.11. The molecular weight excluding hydrogens is 276 g/mol. The molecule has 1 aromatic carbocycles. The molecule has 0 saturated carbocycles. The first-order chi connectivity index (χ1) is 10.6. The van der Waals surface area contributed by atoms with E-state index < -0.39 is 5.41 Å². The summed E-state index contributed by atoms with van der Waals surface area (Å²) >= 11 is 0. The number of aldehydes is 1. The van der Waals surface area contributed by atoms with Crippen LogP contribution in [-0.4, -0.2) is 21.2 Å². The van der Waals surface area contributed by atoms with Crippen LogP contribution in [0.25, 0.3) is 5.69 Å². The standard InChI is InChI=1S/C18H18N2O2/c1-13-6-8-15(9-7-13)20-14(2)16(22)17(19-20)18(12-21)10-4-3-5-11-18/h3-10,12,22H,11H2,1-2H3. The minimum absolute atomic E-state index is 0.0765. The number of aromatic hydroxyl groups is 1. The zero-order valence-corrected chi connectivity index (χ0v) is 12.7. The van der Waals surface area contributed by atoms with E-state index in [1.165, 1.54) is 0 Å². The van der Waals surface area contributed by atoms with Crippen LogP contribution in [-0.2, 0) is 10.2 Å². The number of carbonyl (C=O) groups is 1. The molecule has 0 radical (unpaired) electrons. The molecule has 22 heavy (non-hydrogen) atoms. The van der Waals surface area contributed by atoms with E-state index in [2.05, 4.69) is 5.10 Å². The number of nitrogens with zero attached hydrogens (tertiary/aromatic N) is 2. The van der Waals surface area contributed by atoms with Crippen molar-refractivity contribution in [2.24, 2.45) is 0 Å². The lowest BCUT2D eigenvalue weighted by atomic mass is 9.79. The summed E-state index contributed by atoms with van der Waals surface area (Å²) in [6, 6.07) is 7.88. The van der Waals surface area contributed by atoms with Gasteiger partial charge in [0.15, 0.2) is 5.75 Å². The molecule has 0 spiro atoms. The largest absolute Gasteiger partial charge is 0.504 e. The maximum Gasteiger partial charge on any atom is 0.161 e. The zero-order chi connectivity index (χ0) is 15.7. The molecule has 3 rings (SSSR count). The van der Waals surface area contributed by atoms with Crippen LogP contribution in [0.4, 0.5) is 0 Å². The second kappa shape index (κ2) is 5.30. The number of allylic oxidation sites excluding steroid dienone is 4. The fourth-order valence-electron chi connectivity index (χ4n) is 2.70. The Kier molecular flexibility index (Phi) is 3.45. The molecule has 1 heterocycles. The Balaban J connectivity index is 2.13. The Morgan fingerprint density at radius 2 is 1.95 bits per heavy atom. The maximum atomic E-state index is 11.7. The molecule has 4 nitrogen and oxygen atoms in total. The van der Waals surface area contributed by atoms with E-state index in [-0.39, 0.29) is 5.75 Å². The lowest BCUT2D eigenvalue weighted by molar-refractivity contribution is -0.111. The monoisotopic (exact) mass is 294 g/mol. The second-order valence-electron chi connectivity index (χ2n) is 5.68. The Hall–Kier alpha value is -2.62. The molecule has 4 heteroatoms. The molecule has 0 fully saturated rings. The van der Waals surface area contributed by atoms with E-state index in [9.17, 15) is 9.90 Å². The van der Waals surface area contributed by atoms with Crippen molar-refractivity contribution in [2.45, 2.75) is 25.7 Å². The molecular formula is C18H18N2O2. The van der Waals surface area contributed by atoms with Gasteiger partial charge in [0.25, 0.3) is 0 Å². The zero-order valence-electron chi connectivity index (χ0n) is 12.7. The first kappa shape index (κ1) is 14.3. The second-order valence-corrected chi connectivity index (χ2v) is 5.68. The van der Waals surface area contributed by atoms with Crippen molar-refractivity contribution in [1.29, 1.82) is 0 Å². The lowest BCUT2D eigenvalue weighted by Gasteiger charge is -2.22. The van der Waals surface area contributed by atoms with Crippen molar-refractivity contribution in [1.82, 2.24) is 9.78 Å². The highest BCUT2D eigenvalue weighted by atomic mass is 16.3. The number of rotatable bonds is 3. The topological polar surface area (TPSA) is 55.1 Å². The summed E-state index contributed by atoms with van der Waals surface area (Å²) in [5, 5.41) is 15.0. The predicted octanol–water partition coefficient (Wildman–Crippen LogP) is 3.15. The number of hydrogen-bond donors (Lipinski definition) is 1. The van der Waals surface area contributed by atoms with Crippen LogP contribution in [0, 0.1) is 13.8 Å². The summed E-state index contributed by atoms with van der Waals surface area (Å²) in [6.07, 6.45) is 8.77. The van der Waals surface area contributed by atoms with Gasteiger partial charge in [0.2, 0.25) is 0 Å². The summed E-state index contributed by atoms with van der Waals surface area (Å²) in [5.41, 5.74) is 2.16. The third-order valence-corrected chi connectivity index (χ3v) is 4.11. The maximum absolute atomic E-state index is 11.7. The summed E-state index contributed by atoms with van der Waals surface area (Å²) in [6.45, 7) is 3.82. The van der Waals surface area contributed by atoms with E-state index in [1.807, 2.05) is 49.4 Å². The number of aryl methyl sites for hydroxylation is 1. The summed E-state index contributed by atoms with van der Waals surface area (Å²) in [7, 11) is 0. The summed E-state index contributed by atoms with van der Waals surface area (Å²) in [5.74, 6) is 0.0765. The fraction of sp³-hybridized carbons (Fsp3) is 0.222. The van der Waals surface area contributed by atoms with E-state index in [0.717, 1.165) is 17.5 Å². The van der Waals surface area contributed by atoms with Gasteiger partial charge in [0, 0.05) is 0 Å². The van der Waals surface area contributed by atoms with Crippen LogP contribution in [0.5, 0.6) is 5.75 Å². The number of aromatic nitrogens is 2. The molecule has 1 unspecified atom stereocenters. The van der Waals surface area contributed by atoms with E-state index in [4.69, 9.17) is 0 Å². The Labute approximate surface area is 129 Å². The average molecular weight is 294 g/mol. The van der Waals surface area contributed by atoms with Crippen LogP contribution in [0.1, 0.15) is 23.4 Å². The van der Waals surface area contributed by atoms with Crippen molar-refractivity contribution in [3.63, 3.8) is 0 Å². The molecule has 0 bridgehead atoms. The molecule has 2 aromatic rings. The first-order valence-electron chi connectivity index (χ1n) is 7.24. The van der Waals surface area contributed by atoms with Crippen LogP contribution in [0.3, 0.4) is 0 Å². The van der Waals surface area contributed by atoms with Crippen LogP contribution < -0.4 is 0 Å². The van der Waals surface area contributed by atoms with Crippen molar-refractivity contribution >= 4 is 6.29 Å². The van der Waals surface area contributed by atoms with Gasteiger partial charge < -0.3 is 9.90 Å². The smallest absolute Gasteiger partial charge is 0.161 e. The number of hydrogen-bond acceptors (Lipinski definition) is 3. The van der Waals surface area contributed by atoms with Gasteiger partial charge in [-0.1, -0.05) is 42.0 Å². The normalized spacial score (nSPS) is 20.3. The molecule has 1 aliphatic rings. The number of benzene rings is 1. The van der Waals surface area contributed by atoms with Gasteiger partial charge in [0.05, 0.1) is 16.8 Å². The van der Waals surface area contributed by atoms with Gasteiger partial charge in [-0.2, -0.15) is 5.10 Å². The highest BCUT2D eigenvalue weighted by molar-refractivity contribution is 5.74. The molecule has 0 aliphatic heterocycles. The van der Waals surface area contributed by atoms with Gasteiger partial charge in [-0.25, -0.2) is 4.68 Å². The van der Waals surface area contributed by atoms with Crippen molar-refractivity contribution < 1.29 is 9.90 Å². The SMILES string of the molecule is Cc1ccc(-n2nc(C3(C=O)C=CC=CC3)c(O)c2C)cc1. The summed E-state index contributed by atoms with van der Waals surface area (Å²) in [4.78, 5) is 11.7. The van der Waals surface area contributed by atoms with E-state index >= 15 is 0 Å². The third kappa shape index (κ3) is 2.17. The first-order valence-corrected chi connectivity index (χ1v) is 7.24. The molecule has 0 saturated heterocycles. The lowest BCUT2D eigenvalue weighted by Crippen LogP contribution is -2.27. The van der Waals surface area contributed by atoms with Gasteiger partial charge in [0.1, 0.15) is 12.0 Å². The van der Waals surface area contributed by atoms with Crippen molar-refractivity contribution in [3.8, 4) is 11.4 Å². The van der Waals surface area contributed by atoms with Crippen LogP contribution >= 0.6 is 0 Å². The van der Waals surface area contributed by atoms with Gasteiger partial charge >= 0.3 is 0 Å². The van der Waals surface area contributed by atoms with Crippen LogP contribution in [0.15, 0.2) is 48.6 Å². The average Bonchev–Trinajstić information content (AvgIpc) is 2.85. The molecule has 1 aromatic heterocycles. The molecule has 1 N–H and O–H groups in total. The van der Waals surface area contributed by atoms with E-state index in [0.29, 0.717) is 17.8 Å². The minimum Gasteiger partial charge on any atom is -0.504 e. The van der Waals surface area contributed by atoms with Crippen LogP contribution in [0.2, 0.25) is 0 Å². The molecule has 1 aliphatic carbocycles. The number of carbonyl (C=O) groups excluding carboxylic acids is 1. The highest BCUT2D eigenvalue weighted by Gasteiger charge is 2.36. The van der Waals surface area contributed by atoms with Gasteiger partial charge in [-0.05, 0) is 32.4 Å². The highest BCUT2D eigenvalue weighted by Crippen LogP contribution is 2.37. The molecule has 112 valence electrons.